The summed E-state index contributed by atoms with van der Waals surface area (Å²) in [6.07, 6.45) is 1.70. The third-order valence-electron chi connectivity index (χ3n) is 4.22. The van der Waals surface area contributed by atoms with Gasteiger partial charge in [-0.05, 0) is 55.1 Å². The molecule has 1 heterocycles. The molecule has 2 unspecified atom stereocenters. The van der Waals surface area contributed by atoms with Gasteiger partial charge in [0.1, 0.15) is 17.7 Å². The van der Waals surface area contributed by atoms with Crippen molar-refractivity contribution in [2.75, 3.05) is 6.54 Å². The maximum Gasteiger partial charge on any atom is 0.123 e. The topological polar surface area (TPSA) is 35.2 Å². The van der Waals surface area contributed by atoms with Crippen molar-refractivity contribution in [1.29, 1.82) is 0 Å². The van der Waals surface area contributed by atoms with Crippen LogP contribution in [-0.2, 0) is 6.42 Å². The zero-order valence-electron chi connectivity index (χ0n) is 12.2. The highest BCUT2D eigenvalue weighted by Gasteiger charge is 2.26. The molecular weight excluding hydrogens is 265 g/mol. The van der Waals surface area contributed by atoms with Crippen molar-refractivity contribution in [2.45, 2.75) is 31.8 Å². The second-order valence-electron chi connectivity index (χ2n) is 5.72. The SMILES string of the molecule is Cc1ccccc1C(CN)CC1Cc2cc(F)ccc2O1. The van der Waals surface area contributed by atoms with Crippen LogP contribution in [-0.4, -0.2) is 12.6 Å². The predicted octanol–water partition coefficient (Wildman–Crippen LogP) is 3.57. The number of benzene rings is 2. The molecule has 0 spiro atoms. The standard InChI is InChI=1S/C18H20FNO/c1-12-4-2-3-5-17(12)14(11-20)10-16-9-13-8-15(19)6-7-18(13)21-16/h2-8,14,16H,9-11,20H2,1H3. The molecule has 3 heteroatoms. The van der Waals surface area contributed by atoms with E-state index in [1.54, 1.807) is 12.1 Å². The van der Waals surface area contributed by atoms with Crippen LogP contribution in [0.5, 0.6) is 5.75 Å². The summed E-state index contributed by atoms with van der Waals surface area (Å²) in [5.41, 5.74) is 9.47. The second-order valence-corrected chi connectivity index (χ2v) is 5.72. The van der Waals surface area contributed by atoms with E-state index in [4.69, 9.17) is 10.5 Å². The van der Waals surface area contributed by atoms with Crippen LogP contribution < -0.4 is 10.5 Å². The van der Waals surface area contributed by atoms with E-state index in [1.165, 1.54) is 17.2 Å². The molecule has 0 saturated carbocycles. The largest absolute Gasteiger partial charge is 0.490 e. The van der Waals surface area contributed by atoms with E-state index in [1.807, 2.05) is 12.1 Å². The van der Waals surface area contributed by atoms with Crippen molar-refractivity contribution in [3.8, 4) is 5.75 Å². The Morgan fingerprint density at radius 2 is 2.10 bits per heavy atom. The van der Waals surface area contributed by atoms with Gasteiger partial charge in [0.05, 0.1) is 0 Å². The van der Waals surface area contributed by atoms with Gasteiger partial charge >= 0.3 is 0 Å². The number of hydrogen-bond acceptors (Lipinski definition) is 2. The second kappa shape index (κ2) is 5.86. The summed E-state index contributed by atoms with van der Waals surface area (Å²) in [5.74, 6) is 0.879. The van der Waals surface area contributed by atoms with Gasteiger partial charge < -0.3 is 10.5 Å². The van der Waals surface area contributed by atoms with Gasteiger partial charge in [0.25, 0.3) is 0 Å². The van der Waals surface area contributed by atoms with Gasteiger partial charge in [0, 0.05) is 12.0 Å². The first-order valence-corrected chi connectivity index (χ1v) is 7.38. The van der Waals surface area contributed by atoms with Crippen LogP contribution in [0.25, 0.3) is 0 Å². The molecule has 0 amide bonds. The maximum atomic E-state index is 13.3. The maximum absolute atomic E-state index is 13.3. The van der Waals surface area contributed by atoms with Gasteiger partial charge in [-0.15, -0.1) is 0 Å². The molecule has 0 bridgehead atoms. The number of ether oxygens (including phenoxy) is 1. The first-order chi connectivity index (χ1) is 10.2. The van der Waals surface area contributed by atoms with E-state index in [9.17, 15) is 4.39 Å². The number of fused-ring (bicyclic) bond motifs is 1. The lowest BCUT2D eigenvalue weighted by Crippen LogP contribution is -2.22. The molecule has 3 rings (SSSR count). The Labute approximate surface area is 124 Å². The highest BCUT2D eigenvalue weighted by atomic mass is 19.1. The first kappa shape index (κ1) is 14.1. The fourth-order valence-electron chi connectivity index (χ4n) is 3.13. The van der Waals surface area contributed by atoms with Gasteiger partial charge in [-0.2, -0.15) is 0 Å². The Morgan fingerprint density at radius 3 is 2.86 bits per heavy atom. The number of nitrogens with two attached hydrogens (primary N) is 1. The quantitative estimate of drug-likeness (QED) is 0.932. The summed E-state index contributed by atoms with van der Waals surface area (Å²) < 4.78 is 19.2. The third kappa shape index (κ3) is 2.93. The molecule has 2 atom stereocenters. The van der Waals surface area contributed by atoms with Gasteiger partial charge in [0.2, 0.25) is 0 Å². The Hall–Kier alpha value is -1.87. The van der Waals surface area contributed by atoms with Crippen LogP contribution in [0.3, 0.4) is 0 Å². The minimum Gasteiger partial charge on any atom is -0.490 e. The molecule has 1 aliphatic rings. The van der Waals surface area contributed by atoms with Gasteiger partial charge in [-0.1, -0.05) is 24.3 Å². The number of halogens is 1. The van der Waals surface area contributed by atoms with Crippen molar-refractivity contribution in [3.05, 3.63) is 65.0 Å². The molecule has 0 saturated heterocycles. The van der Waals surface area contributed by atoms with E-state index >= 15 is 0 Å². The molecule has 0 aliphatic carbocycles. The predicted molar refractivity (Wildman–Crippen MR) is 82.1 cm³/mol. The van der Waals surface area contributed by atoms with E-state index in [2.05, 4.69) is 19.1 Å². The summed E-state index contributed by atoms with van der Waals surface area (Å²) >= 11 is 0. The molecule has 2 nitrogen and oxygen atoms in total. The first-order valence-electron chi connectivity index (χ1n) is 7.38. The Morgan fingerprint density at radius 1 is 1.29 bits per heavy atom. The molecule has 110 valence electrons. The van der Waals surface area contributed by atoms with Crippen LogP contribution in [0.2, 0.25) is 0 Å². The van der Waals surface area contributed by atoms with Crippen LogP contribution >= 0.6 is 0 Å². The molecule has 0 fully saturated rings. The normalized spacial score (nSPS) is 18.1. The van der Waals surface area contributed by atoms with Crippen LogP contribution in [0.15, 0.2) is 42.5 Å². The van der Waals surface area contributed by atoms with E-state index < -0.39 is 0 Å². The lowest BCUT2D eigenvalue weighted by Gasteiger charge is -2.21. The molecule has 0 radical (unpaired) electrons. The van der Waals surface area contributed by atoms with Gasteiger partial charge in [-0.3, -0.25) is 0 Å². The lowest BCUT2D eigenvalue weighted by atomic mass is 9.89. The van der Waals surface area contributed by atoms with Crippen LogP contribution in [0, 0.1) is 12.7 Å². The fraction of sp³-hybridized carbons (Fsp3) is 0.333. The van der Waals surface area contributed by atoms with Gasteiger partial charge in [-0.25, -0.2) is 4.39 Å². The zero-order valence-corrected chi connectivity index (χ0v) is 12.2. The average Bonchev–Trinajstić information content (AvgIpc) is 2.87. The van der Waals surface area contributed by atoms with Crippen molar-refractivity contribution in [3.63, 3.8) is 0 Å². The Bertz CT molecular complexity index is 641. The minimum atomic E-state index is -0.202. The summed E-state index contributed by atoms with van der Waals surface area (Å²) in [7, 11) is 0. The Kier molecular flexibility index (Phi) is 3.93. The Balaban J connectivity index is 1.74. The average molecular weight is 285 g/mol. The van der Waals surface area contributed by atoms with E-state index in [0.29, 0.717) is 6.54 Å². The lowest BCUT2D eigenvalue weighted by molar-refractivity contribution is 0.210. The molecule has 21 heavy (non-hydrogen) atoms. The molecule has 2 N–H and O–H groups in total. The molecule has 1 aliphatic heterocycles. The number of hydrogen-bond donors (Lipinski definition) is 1. The monoisotopic (exact) mass is 285 g/mol. The zero-order chi connectivity index (χ0) is 14.8. The van der Waals surface area contributed by atoms with Crippen molar-refractivity contribution >= 4 is 0 Å². The summed E-state index contributed by atoms with van der Waals surface area (Å²) in [4.78, 5) is 0. The smallest absolute Gasteiger partial charge is 0.123 e. The van der Waals surface area contributed by atoms with Crippen molar-refractivity contribution in [1.82, 2.24) is 0 Å². The highest BCUT2D eigenvalue weighted by molar-refractivity contribution is 5.38. The highest BCUT2D eigenvalue weighted by Crippen LogP contribution is 2.34. The molecular formula is C18H20FNO. The summed E-state index contributed by atoms with van der Waals surface area (Å²) in [5, 5.41) is 0. The van der Waals surface area contributed by atoms with E-state index in [-0.39, 0.29) is 17.8 Å². The van der Waals surface area contributed by atoms with E-state index in [0.717, 1.165) is 24.2 Å². The third-order valence-corrected chi connectivity index (χ3v) is 4.22. The molecule has 2 aromatic carbocycles. The van der Waals surface area contributed by atoms with Crippen molar-refractivity contribution < 1.29 is 9.13 Å². The minimum absolute atomic E-state index is 0.0787. The fourth-order valence-corrected chi connectivity index (χ4v) is 3.13. The molecule has 2 aromatic rings. The number of aryl methyl sites for hydroxylation is 1. The van der Waals surface area contributed by atoms with Crippen LogP contribution in [0.1, 0.15) is 29.0 Å². The summed E-state index contributed by atoms with van der Waals surface area (Å²) in [6.45, 7) is 2.70. The molecule has 0 aromatic heterocycles. The van der Waals surface area contributed by atoms with Crippen molar-refractivity contribution in [2.24, 2.45) is 5.73 Å². The number of rotatable bonds is 4. The summed E-state index contributed by atoms with van der Waals surface area (Å²) in [6, 6.07) is 13.1. The van der Waals surface area contributed by atoms with Gasteiger partial charge in [0.15, 0.2) is 0 Å². The van der Waals surface area contributed by atoms with Crippen LogP contribution in [0.4, 0.5) is 4.39 Å².